The van der Waals surface area contributed by atoms with Gasteiger partial charge in [0.2, 0.25) is 5.91 Å². The first-order valence-electron chi connectivity index (χ1n) is 4.52. The zero-order valence-electron chi connectivity index (χ0n) is 8.01. The monoisotopic (exact) mass is 184 g/mol. The Labute approximate surface area is 78.9 Å². The quantitative estimate of drug-likeness (QED) is 0.596. The number of carbonyl (C=O) groups is 1. The molecule has 1 amide bonds. The molecular formula is C9H16N2O2. The third kappa shape index (κ3) is 8.83. The van der Waals surface area contributed by atoms with Gasteiger partial charge in [-0.3, -0.25) is 4.79 Å². The summed E-state index contributed by atoms with van der Waals surface area (Å²) in [6.45, 7) is 4.08. The van der Waals surface area contributed by atoms with Crippen molar-refractivity contribution < 1.29 is 9.53 Å². The highest BCUT2D eigenvalue weighted by atomic mass is 16.5. The van der Waals surface area contributed by atoms with E-state index in [1.165, 1.54) is 0 Å². The van der Waals surface area contributed by atoms with Gasteiger partial charge in [0.15, 0.2) is 0 Å². The molecule has 4 heteroatoms. The van der Waals surface area contributed by atoms with E-state index in [9.17, 15) is 4.79 Å². The largest absolute Gasteiger partial charge is 0.381 e. The minimum absolute atomic E-state index is 0.0597. The molecule has 0 aromatic heterocycles. The van der Waals surface area contributed by atoms with Gasteiger partial charge in [-0.05, 0) is 12.8 Å². The molecule has 0 aromatic carbocycles. The first kappa shape index (κ1) is 11.9. The lowest BCUT2D eigenvalue weighted by Crippen LogP contribution is -2.24. The van der Waals surface area contributed by atoms with Crippen LogP contribution in [0.25, 0.3) is 0 Å². The lowest BCUT2D eigenvalue weighted by atomic mass is 10.4. The second kappa shape index (κ2) is 9.01. The fourth-order valence-electron chi connectivity index (χ4n) is 0.783. The molecule has 0 radical (unpaired) electrons. The van der Waals surface area contributed by atoms with Crippen LogP contribution in [0.1, 0.15) is 26.2 Å². The number of hydrogen-bond acceptors (Lipinski definition) is 3. The Balaban J connectivity index is 3.08. The van der Waals surface area contributed by atoms with Crippen molar-refractivity contribution in [2.45, 2.75) is 26.2 Å². The van der Waals surface area contributed by atoms with Crippen molar-refractivity contribution in [3.05, 3.63) is 0 Å². The third-order valence-electron chi connectivity index (χ3n) is 1.38. The Morgan fingerprint density at radius 3 is 2.92 bits per heavy atom. The molecule has 74 valence electrons. The van der Waals surface area contributed by atoms with E-state index < -0.39 is 0 Å². The molecule has 0 spiro atoms. The number of nitrogens with zero attached hydrogens (tertiary/aromatic N) is 1. The molecule has 0 fully saturated rings. The van der Waals surface area contributed by atoms with Gasteiger partial charge < -0.3 is 10.1 Å². The standard InChI is InChI=1S/C9H16N2O2/c1-2-7-13-8-3-6-11-9(12)4-5-10/h2-4,6-8H2,1H3,(H,11,12). The third-order valence-corrected chi connectivity index (χ3v) is 1.38. The maximum atomic E-state index is 10.8. The molecule has 0 saturated carbocycles. The van der Waals surface area contributed by atoms with Gasteiger partial charge >= 0.3 is 0 Å². The summed E-state index contributed by atoms with van der Waals surface area (Å²) in [7, 11) is 0. The number of nitriles is 1. The van der Waals surface area contributed by atoms with Crippen LogP contribution in [0, 0.1) is 11.3 Å². The van der Waals surface area contributed by atoms with Crippen molar-refractivity contribution in [3.8, 4) is 6.07 Å². The van der Waals surface area contributed by atoms with Crippen LogP contribution < -0.4 is 5.32 Å². The van der Waals surface area contributed by atoms with Gasteiger partial charge in [0.05, 0.1) is 6.07 Å². The number of ether oxygens (including phenoxy) is 1. The highest BCUT2D eigenvalue weighted by Crippen LogP contribution is 1.84. The summed E-state index contributed by atoms with van der Waals surface area (Å²) < 4.78 is 5.21. The molecule has 0 aliphatic carbocycles. The molecule has 0 heterocycles. The first-order chi connectivity index (χ1) is 6.31. The number of hydrogen-bond donors (Lipinski definition) is 1. The van der Waals surface area contributed by atoms with Crippen molar-refractivity contribution in [2.75, 3.05) is 19.8 Å². The highest BCUT2D eigenvalue weighted by Gasteiger charge is 1.97. The molecule has 0 unspecified atom stereocenters. The molecule has 4 nitrogen and oxygen atoms in total. The average molecular weight is 184 g/mol. The van der Waals surface area contributed by atoms with Crippen molar-refractivity contribution in [1.82, 2.24) is 5.32 Å². The summed E-state index contributed by atoms with van der Waals surface area (Å²) in [5, 5.41) is 10.8. The van der Waals surface area contributed by atoms with Crippen LogP contribution in [0.5, 0.6) is 0 Å². The molecule has 0 rings (SSSR count). The fourth-order valence-corrected chi connectivity index (χ4v) is 0.783. The molecule has 0 bridgehead atoms. The Hall–Kier alpha value is -1.08. The Kier molecular flexibility index (Phi) is 8.26. The molecule has 0 aliphatic rings. The van der Waals surface area contributed by atoms with E-state index in [-0.39, 0.29) is 12.3 Å². The predicted molar refractivity (Wildman–Crippen MR) is 49.0 cm³/mol. The summed E-state index contributed by atoms with van der Waals surface area (Å²) >= 11 is 0. The molecule has 0 aliphatic heterocycles. The van der Waals surface area contributed by atoms with Crippen LogP contribution in [0.3, 0.4) is 0 Å². The van der Waals surface area contributed by atoms with E-state index >= 15 is 0 Å². The summed E-state index contributed by atoms with van der Waals surface area (Å²) in [5.74, 6) is -0.210. The average Bonchev–Trinajstić information content (AvgIpc) is 2.11. The Morgan fingerprint density at radius 1 is 1.54 bits per heavy atom. The minimum Gasteiger partial charge on any atom is -0.381 e. The summed E-state index contributed by atoms with van der Waals surface area (Å²) in [5.41, 5.74) is 0. The SMILES string of the molecule is CCCOCCCNC(=O)CC#N. The molecule has 1 N–H and O–H groups in total. The maximum Gasteiger partial charge on any atom is 0.234 e. The molecule has 0 aromatic rings. The highest BCUT2D eigenvalue weighted by molar-refractivity contribution is 5.77. The van der Waals surface area contributed by atoms with E-state index in [2.05, 4.69) is 12.2 Å². The van der Waals surface area contributed by atoms with E-state index in [4.69, 9.17) is 10.00 Å². The molecule has 13 heavy (non-hydrogen) atoms. The topological polar surface area (TPSA) is 62.1 Å². The fraction of sp³-hybridized carbons (Fsp3) is 0.778. The normalized spacial score (nSPS) is 9.23. The van der Waals surface area contributed by atoms with Gasteiger partial charge in [-0.15, -0.1) is 0 Å². The van der Waals surface area contributed by atoms with Crippen LogP contribution in [0.2, 0.25) is 0 Å². The van der Waals surface area contributed by atoms with Crippen LogP contribution in [0.4, 0.5) is 0 Å². The maximum absolute atomic E-state index is 10.8. The van der Waals surface area contributed by atoms with Crippen molar-refractivity contribution >= 4 is 5.91 Å². The number of nitrogens with one attached hydrogen (secondary N) is 1. The van der Waals surface area contributed by atoms with Gasteiger partial charge in [0, 0.05) is 19.8 Å². The molecule has 0 saturated heterocycles. The molecule has 0 atom stereocenters. The van der Waals surface area contributed by atoms with Crippen LogP contribution >= 0.6 is 0 Å². The van der Waals surface area contributed by atoms with E-state index in [1.54, 1.807) is 6.07 Å². The lowest BCUT2D eigenvalue weighted by molar-refractivity contribution is -0.120. The van der Waals surface area contributed by atoms with Crippen LogP contribution in [0.15, 0.2) is 0 Å². The zero-order chi connectivity index (χ0) is 9.94. The Bertz CT molecular complexity index is 175. The van der Waals surface area contributed by atoms with Gasteiger partial charge in [-0.1, -0.05) is 6.92 Å². The van der Waals surface area contributed by atoms with Crippen molar-refractivity contribution in [2.24, 2.45) is 0 Å². The molecular weight excluding hydrogens is 168 g/mol. The summed E-state index contributed by atoms with van der Waals surface area (Å²) in [4.78, 5) is 10.8. The lowest BCUT2D eigenvalue weighted by Gasteiger charge is -2.03. The summed E-state index contributed by atoms with van der Waals surface area (Å²) in [6.07, 6.45) is 1.76. The van der Waals surface area contributed by atoms with Gasteiger partial charge in [-0.25, -0.2) is 0 Å². The second-order valence-electron chi connectivity index (χ2n) is 2.65. The van der Waals surface area contributed by atoms with E-state index in [0.29, 0.717) is 13.2 Å². The number of amides is 1. The van der Waals surface area contributed by atoms with Gasteiger partial charge in [-0.2, -0.15) is 5.26 Å². The smallest absolute Gasteiger partial charge is 0.234 e. The van der Waals surface area contributed by atoms with E-state index in [1.807, 2.05) is 0 Å². The van der Waals surface area contributed by atoms with Crippen molar-refractivity contribution in [1.29, 1.82) is 5.26 Å². The van der Waals surface area contributed by atoms with Crippen LogP contribution in [-0.4, -0.2) is 25.7 Å². The number of rotatable bonds is 7. The predicted octanol–water partition coefficient (Wildman–Crippen LogP) is 0.833. The first-order valence-corrected chi connectivity index (χ1v) is 4.52. The van der Waals surface area contributed by atoms with Crippen molar-refractivity contribution in [3.63, 3.8) is 0 Å². The number of carbonyl (C=O) groups excluding carboxylic acids is 1. The summed E-state index contributed by atoms with van der Waals surface area (Å²) in [6, 6.07) is 1.79. The zero-order valence-corrected chi connectivity index (χ0v) is 8.01. The van der Waals surface area contributed by atoms with E-state index in [0.717, 1.165) is 19.4 Å². The second-order valence-corrected chi connectivity index (χ2v) is 2.65. The minimum atomic E-state index is -0.210. The van der Waals surface area contributed by atoms with Gasteiger partial charge in [0.25, 0.3) is 0 Å². The Morgan fingerprint density at radius 2 is 2.31 bits per heavy atom. The van der Waals surface area contributed by atoms with Gasteiger partial charge in [0.1, 0.15) is 6.42 Å². The van der Waals surface area contributed by atoms with Crippen LogP contribution in [-0.2, 0) is 9.53 Å².